The zero-order chi connectivity index (χ0) is 21.0. The summed E-state index contributed by atoms with van der Waals surface area (Å²) in [4.78, 5) is 36.8. The van der Waals surface area contributed by atoms with E-state index in [-0.39, 0.29) is 6.04 Å². The molecular weight excluding hydrogens is 362 g/mol. The number of unbranched alkanes of at least 4 members (excludes halogenated alkanes) is 1. The lowest BCUT2D eigenvalue weighted by atomic mass is 10.00. The average Bonchev–Trinajstić information content (AvgIpc) is 2.60. The fraction of sp³-hybridized carbons (Fsp3) is 0.650. The van der Waals surface area contributed by atoms with E-state index in [1.807, 2.05) is 31.2 Å². The highest BCUT2D eigenvalue weighted by atomic mass is 16.6. The summed E-state index contributed by atoms with van der Waals surface area (Å²) in [5.74, 6) is 0. The summed E-state index contributed by atoms with van der Waals surface area (Å²) < 4.78 is 10.5. The Labute approximate surface area is 167 Å². The number of allylic oxidation sites excluding steroid dienone is 4. The van der Waals surface area contributed by atoms with E-state index >= 15 is 0 Å². The minimum absolute atomic E-state index is 0.295. The van der Waals surface area contributed by atoms with Gasteiger partial charge in [0, 0.05) is 13.1 Å². The lowest BCUT2D eigenvalue weighted by Gasteiger charge is -2.37. The van der Waals surface area contributed by atoms with Gasteiger partial charge >= 0.3 is 12.2 Å². The Balaban J connectivity index is 2.49. The summed E-state index contributed by atoms with van der Waals surface area (Å²) in [5.41, 5.74) is -0.633. The molecule has 1 heterocycles. The van der Waals surface area contributed by atoms with Gasteiger partial charge in [-0.1, -0.05) is 24.3 Å². The van der Waals surface area contributed by atoms with E-state index in [1.165, 1.54) is 0 Å². The highest BCUT2D eigenvalue weighted by Gasteiger charge is 2.32. The second-order valence-corrected chi connectivity index (χ2v) is 7.62. The molecule has 1 fully saturated rings. The number of alkyl carbamates (subject to hydrolysis) is 2. The van der Waals surface area contributed by atoms with Crippen LogP contribution in [0.4, 0.5) is 9.59 Å². The van der Waals surface area contributed by atoms with Crippen molar-refractivity contribution in [2.75, 3.05) is 19.7 Å². The molecule has 1 aliphatic rings. The Bertz CT molecular complexity index is 569. The normalized spacial score (nSPS) is 20.2. The first-order valence-electron chi connectivity index (χ1n) is 9.65. The highest BCUT2D eigenvalue weighted by Crippen LogP contribution is 2.12. The Morgan fingerprint density at radius 2 is 1.86 bits per heavy atom. The number of carbonyl (C=O) groups excluding carboxylic acids is 3. The number of carbonyl (C=O) groups is 3. The van der Waals surface area contributed by atoms with Crippen molar-refractivity contribution in [2.24, 2.45) is 0 Å². The molecule has 0 bridgehead atoms. The van der Waals surface area contributed by atoms with Crippen LogP contribution in [0, 0.1) is 0 Å². The largest absolute Gasteiger partial charge is 0.450 e. The minimum atomic E-state index is -0.633. The Kier molecular flexibility index (Phi) is 10.1. The van der Waals surface area contributed by atoms with Crippen LogP contribution in [0.25, 0.3) is 0 Å². The minimum Gasteiger partial charge on any atom is -0.450 e. The second kappa shape index (κ2) is 12.0. The number of nitrogens with one attached hydrogen (secondary N) is 2. The van der Waals surface area contributed by atoms with Crippen molar-refractivity contribution < 1.29 is 23.9 Å². The molecule has 28 heavy (non-hydrogen) atoms. The smallest absolute Gasteiger partial charge is 0.408 e. The molecule has 0 spiro atoms. The first-order valence-corrected chi connectivity index (χ1v) is 9.65. The van der Waals surface area contributed by atoms with Gasteiger partial charge in [0.05, 0.1) is 18.7 Å². The number of nitrogens with zero attached hydrogens (tertiary/aromatic N) is 1. The van der Waals surface area contributed by atoms with Crippen molar-refractivity contribution in [3.05, 3.63) is 24.3 Å². The summed E-state index contributed by atoms with van der Waals surface area (Å²) in [6, 6.07) is -0.795. The molecule has 3 amide bonds. The third-order valence-corrected chi connectivity index (χ3v) is 3.99. The number of amides is 3. The lowest BCUT2D eigenvalue weighted by molar-refractivity contribution is -0.119. The van der Waals surface area contributed by atoms with Crippen LogP contribution in [-0.2, 0) is 14.3 Å². The van der Waals surface area contributed by atoms with E-state index in [2.05, 4.69) is 10.6 Å². The number of piperidine rings is 1. The van der Waals surface area contributed by atoms with Crippen molar-refractivity contribution >= 4 is 18.6 Å². The Morgan fingerprint density at radius 3 is 2.50 bits per heavy atom. The number of rotatable bonds is 8. The molecule has 0 saturated carbocycles. The molecule has 1 aliphatic heterocycles. The molecule has 158 valence electrons. The number of hydrogen-bond acceptors (Lipinski definition) is 5. The van der Waals surface area contributed by atoms with E-state index in [9.17, 15) is 14.4 Å². The molecule has 2 N–H and O–H groups in total. The van der Waals surface area contributed by atoms with Crippen LogP contribution >= 0.6 is 0 Å². The van der Waals surface area contributed by atoms with Gasteiger partial charge in [0.25, 0.3) is 0 Å². The molecular formula is C20H33N3O5. The zero-order valence-corrected chi connectivity index (χ0v) is 17.3. The van der Waals surface area contributed by atoms with Gasteiger partial charge in [0.2, 0.25) is 6.41 Å². The van der Waals surface area contributed by atoms with Gasteiger partial charge in [-0.15, -0.1) is 0 Å². The fourth-order valence-corrected chi connectivity index (χ4v) is 2.70. The average molecular weight is 396 g/mol. The maximum atomic E-state index is 12.1. The van der Waals surface area contributed by atoms with Gasteiger partial charge in [-0.2, -0.15) is 0 Å². The van der Waals surface area contributed by atoms with E-state index in [0.717, 1.165) is 19.3 Å². The van der Waals surface area contributed by atoms with E-state index in [0.29, 0.717) is 26.1 Å². The SMILES string of the molecule is C/C=C\C=C/CCCOC(=O)N[C@H]1CCN(C=O)CC1NC(=O)OC(C)(C)C. The van der Waals surface area contributed by atoms with Gasteiger partial charge in [-0.25, -0.2) is 9.59 Å². The first-order chi connectivity index (χ1) is 13.2. The standard InChI is InChI=1S/C20H33N3O5/c1-5-6-7-8-9-10-13-27-18(25)21-16-11-12-23(15-24)14-17(16)22-19(26)28-20(2,3)4/h5-8,15-17H,9-14H2,1-4H3,(H,21,25)(H,22,26)/b6-5-,8-7-/t16-,17?/m0/s1. The highest BCUT2D eigenvalue weighted by molar-refractivity contribution is 5.70. The van der Waals surface area contributed by atoms with Crippen LogP contribution < -0.4 is 10.6 Å². The molecule has 0 aromatic rings. The first kappa shape index (κ1) is 23.5. The predicted octanol–water partition coefficient (Wildman–Crippen LogP) is 2.75. The Hall–Kier alpha value is -2.51. The molecule has 1 rings (SSSR count). The summed E-state index contributed by atoms with van der Waals surface area (Å²) in [5, 5.41) is 5.53. The van der Waals surface area contributed by atoms with Crippen molar-refractivity contribution in [3.63, 3.8) is 0 Å². The molecule has 0 aromatic carbocycles. The van der Waals surface area contributed by atoms with Crippen LogP contribution in [0.3, 0.4) is 0 Å². The van der Waals surface area contributed by atoms with Crippen LogP contribution in [0.2, 0.25) is 0 Å². The number of likely N-dealkylation sites (tertiary alicyclic amines) is 1. The predicted molar refractivity (Wildman–Crippen MR) is 107 cm³/mol. The summed E-state index contributed by atoms with van der Waals surface area (Å²) in [6.07, 6.45) is 9.53. The summed E-state index contributed by atoms with van der Waals surface area (Å²) >= 11 is 0. The number of hydrogen-bond donors (Lipinski definition) is 2. The van der Waals surface area contributed by atoms with Gasteiger partial charge < -0.3 is 25.0 Å². The van der Waals surface area contributed by atoms with Crippen LogP contribution in [0.1, 0.15) is 47.0 Å². The second-order valence-electron chi connectivity index (χ2n) is 7.62. The van der Waals surface area contributed by atoms with Gasteiger partial charge in [-0.3, -0.25) is 4.79 Å². The van der Waals surface area contributed by atoms with Crippen LogP contribution in [0.15, 0.2) is 24.3 Å². The quantitative estimate of drug-likeness (QED) is 0.374. The van der Waals surface area contributed by atoms with Crippen LogP contribution in [-0.4, -0.2) is 60.9 Å². The Morgan fingerprint density at radius 1 is 1.14 bits per heavy atom. The van der Waals surface area contributed by atoms with Gasteiger partial charge in [-0.05, 0) is 47.0 Å². The summed E-state index contributed by atoms with van der Waals surface area (Å²) in [6.45, 7) is 8.36. The molecule has 8 heteroatoms. The van der Waals surface area contributed by atoms with Crippen molar-refractivity contribution in [3.8, 4) is 0 Å². The maximum Gasteiger partial charge on any atom is 0.408 e. The lowest BCUT2D eigenvalue weighted by Crippen LogP contribution is -2.60. The third-order valence-electron chi connectivity index (χ3n) is 3.99. The summed E-state index contributed by atoms with van der Waals surface area (Å²) in [7, 11) is 0. The molecule has 8 nitrogen and oxygen atoms in total. The van der Waals surface area contributed by atoms with Gasteiger partial charge in [0.1, 0.15) is 5.60 Å². The van der Waals surface area contributed by atoms with E-state index < -0.39 is 23.8 Å². The third kappa shape index (κ3) is 9.99. The van der Waals surface area contributed by atoms with Crippen LogP contribution in [0.5, 0.6) is 0 Å². The maximum absolute atomic E-state index is 12.1. The topological polar surface area (TPSA) is 97.0 Å². The van der Waals surface area contributed by atoms with E-state index in [1.54, 1.807) is 25.7 Å². The molecule has 1 unspecified atom stereocenters. The molecule has 0 aromatic heterocycles. The van der Waals surface area contributed by atoms with Crippen molar-refractivity contribution in [1.29, 1.82) is 0 Å². The monoisotopic (exact) mass is 395 g/mol. The molecule has 0 aliphatic carbocycles. The van der Waals surface area contributed by atoms with E-state index in [4.69, 9.17) is 9.47 Å². The molecule has 1 saturated heterocycles. The van der Waals surface area contributed by atoms with Gasteiger partial charge in [0.15, 0.2) is 0 Å². The fourth-order valence-electron chi connectivity index (χ4n) is 2.70. The molecule has 0 radical (unpaired) electrons. The zero-order valence-electron chi connectivity index (χ0n) is 17.3. The van der Waals surface area contributed by atoms with Crippen molar-refractivity contribution in [2.45, 2.75) is 64.6 Å². The van der Waals surface area contributed by atoms with Crippen molar-refractivity contribution in [1.82, 2.24) is 15.5 Å². The molecule has 2 atom stereocenters. The number of ether oxygens (including phenoxy) is 2.